The molecule has 5 heteroatoms. The molecule has 3 N–H and O–H groups in total. The zero-order valence-electron chi connectivity index (χ0n) is 9.49. The van der Waals surface area contributed by atoms with Gasteiger partial charge in [-0.05, 0) is 30.2 Å². The van der Waals surface area contributed by atoms with Crippen molar-refractivity contribution < 1.29 is 14.7 Å². The van der Waals surface area contributed by atoms with Crippen LogP contribution in [0.5, 0.6) is 0 Å². The van der Waals surface area contributed by atoms with Crippen LogP contribution in [0.25, 0.3) is 0 Å². The van der Waals surface area contributed by atoms with Crippen molar-refractivity contribution in [3.8, 4) is 0 Å². The highest BCUT2D eigenvalue weighted by atomic mass is 16.4. The maximum Gasteiger partial charge on any atom is 0.325 e. The molecule has 1 aliphatic heterocycles. The normalized spacial score (nSPS) is 15.1. The molecule has 90 valence electrons. The van der Waals surface area contributed by atoms with E-state index in [0.717, 1.165) is 18.7 Å². The second kappa shape index (κ2) is 4.55. The molecule has 0 spiro atoms. The molecule has 1 heterocycles. The first-order chi connectivity index (χ1) is 8.08. The van der Waals surface area contributed by atoms with E-state index in [4.69, 9.17) is 5.11 Å². The molecule has 0 radical (unpaired) electrons. The highest BCUT2D eigenvalue weighted by Crippen LogP contribution is 2.16. The van der Waals surface area contributed by atoms with E-state index in [1.807, 2.05) is 6.07 Å². The Morgan fingerprint density at radius 3 is 2.76 bits per heavy atom. The van der Waals surface area contributed by atoms with Crippen molar-refractivity contribution in [3.05, 3.63) is 34.9 Å². The van der Waals surface area contributed by atoms with Crippen molar-refractivity contribution in [1.82, 2.24) is 10.6 Å². The average molecular weight is 234 g/mol. The number of carbonyl (C=O) groups excluding carboxylic acids is 1. The fourth-order valence-electron chi connectivity index (χ4n) is 1.78. The van der Waals surface area contributed by atoms with Crippen LogP contribution in [-0.4, -0.2) is 23.0 Å². The molecule has 1 aliphatic rings. The fraction of sp³-hybridized carbons (Fsp3) is 0.333. The van der Waals surface area contributed by atoms with E-state index in [-0.39, 0.29) is 5.91 Å². The van der Waals surface area contributed by atoms with Crippen molar-refractivity contribution in [3.63, 3.8) is 0 Å². The summed E-state index contributed by atoms with van der Waals surface area (Å²) in [5, 5.41) is 14.3. The van der Waals surface area contributed by atoms with Gasteiger partial charge in [0.05, 0.1) is 0 Å². The zero-order valence-corrected chi connectivity index (χ0v) is 9.49. The third-order valence-corrected chi connectivity index (χ3v) is 2.82. The first kappa shape index (κ1) is 11.6. The highest BCUT2D eigenvalue weighted by Gasteiger charge is 2.17. The van der Waals surface area contributed by atoms with Gasteiger partial charge in [-0.3, -0.25) is 9.59 Å². The SMILES string of the molecule is C[C@@H](NC(=O)c1ccc2c(c1)CNC2)C(=O)O. The van der Waals surface area contributed by atoms with E-state index in [2.05, 4.69) is 10.6 Å². The lowest BCUT2D eigenvalue weighted by Gasteiger charge is -2.09. The molecule has 17 heavy (non-hydrogen) atoms. The third kappa shape index (κ3) is 2.45. The van der Waals surface area contributed by atoms with Crippen molar-refractivity contribution in [1.29, 1.82) is 0 Å². The van der Waals surface area contributed by atoms with E-state index in [1.165, 1.54) is 12.5 Å². The minimum atomic E-state index is -1.04. The minimum absolute atomic E-state index is 0.352. The van der Waals surface area contributed by atoms with Crippen molar-refractivity contribution >= 4 is 11.9 Å². The van der Waals surface area contributed by atoms with E-state index in [1.54, 1.807) is 12.1 Å². The molecule has 1 aromatic carbocycles. The summed E-state index contributed by atoms with van der Waals surface area (Å²) < 4.78 is 0. The molecule has 5 nitrogen and oxygen atoms in total. The number of hydrogen-bond donors (Lipinski definition) is 3. The monoisotopic (exact) mass is 234 g/mol. The lowest BCUT2D eigenvalue weighted by Crippen LogP contribution is -2.38. The summed E-state index contributed by atoms with van der Waals surface area (Å²) >= 11 is 0. The van der Waals surface area contributed by atoms with Gasteiger partial charge in [0.2, 0.25) is 0 Å². The zero-order chi connectivity index (χ0) is 12.4. The largest absolute Gasteiger partial charge is 0.480 e. The van der Waals surface area contributed by atoms with Crippen LogP contribution in [0.15, 0.2) is 18.2 Å². The van der Waals surface area contributed by atoms with Gasteiger partial charge in [0.1, 0.15) is 6.04 Å². The van der Waals surface area contributed by atoms with Crippen molar-refractivity contribution in [2.75, 3.05) is 0 Å². The molecule has 1 amide bonds. The van der Waals surface area contributed by atoms with Gasteiger partial charge in [0, 0.05) is 18.7 Å². The van der Waals surface area contributed by atoms with Crippen LogP contribution >= 0.6 is 0 Å². The first-order valence-electron chi connectivity index (χ1n) is 5.44. The number of benzene rings is 1. The van der Waals surface area contributed by atoms with Crippen LogP contribution in [0.4, 0.5) is 0 Å². The van der Waals surface area contributed by atoms with Gasteiger partial charge in [0.15, 0.2) is 0 Å². The van der Waals surface area contributed by atoms with Gasteiger partial charge in [-0.15, -0.1) is 0 Å². The summed E-state index contributed by atoms with van der Waals surface area (Å²) in [5.41, 5.74) is 2.79. The summed E-state index contributed by atoms with van der Waals surface area (Å²) in [6.07, 6.45) is 0. The smallest absolute Gasteiger partial charge is 0.325 e. The quantitative estimate of drug-likeness (QED) is 0.711. The minimum Gasteiger partial charge on any atom is -0.480 e. The summed E-state index contributed by atoms with van der Waals surface area (Å²) in [4.78, 5) is 22.4. The Labute approximate surface area is 98.8 Å². The van der Waals surface area contributed by atoms with Crippen molar-refractivity contribution in [2.45, 2.75) is 26.1 Å². The van der Waals surface area contributed by atoms with Crippen LogP contribution in [0.2, 0.25) is 0 Å². The number of amides is 1. The molecule has 0 saturated carbocycles. The molecule has 0 saturated heterocycles. The second-order valence-corrected chi connectivity index (χ2v) is 4.12. The molecule has 0 bridgehead atoms. The van der Waals surface area contributed by atoms with Crippen molar-refractivity contribution in [2.24, 2.45) is 0 Å². The van der Waals surface area contributed by atoms with Crippen LogP contribution in [0.3, 0.4) is 0 Å². The number of fused-ring (bicyclic) bond motifs is 1. The molecule has 0 aliphatic carbocycles. The summed E-state index contributed by atoms with van der Waals surface area (Å²) in [7, 11) is 0. The average Bonchev–Trinajstić information content (AvgIpc) is 2.75. The van der Waals surface area contributed by atoms with Crippen LogP contribution in [0, 0.1) is 0 Å². The number of nitrogens with one attached hydrogen (secondary N) is 2. The van der Waals surface area contributed by atoms with Crippen LogP contribution < -0.4 is 10.6 Å². The number of carboxylic acid groups (broad SMARTS) is 1. The molecular formula is C12H14N2O3. The van der Waals surface area contributed by atoms with Crippen LogP contribution in [0.1, 0.15) is 28.4 Å². The number of carboxylic acids is 1. The summed E-state index contributed by atoms with van der Waals surface area (Å²) in [6, 6.07) is 4.54. The van der Waals surface area contributed by atoms with E-state index >= 15 is 0 Å². The molecular weight excluding hydrogens is 220 g/mol. The Morgan fingerprint density at radius 2 is 2.06 bits per heavy atom. The summed E-state index contributed by atoms with van der Waals surface area (Å²) in [5.74, 6) is -1.39. The standard InChI is InChI=1S/C12H14N2O3/c1-7(12(16)17)14-11(15)8-2-3-9-5-13-6-10(9)4-8/h2-4,7,13H,5-6H2,1H3,(H,14,15)(H,16,17)/t7-/m1/s1. The number of carbonyl (C=O) groups is 2. The Hall–Kier alpha value is -1.88. The van der Waals surface area contributed by atoms with Gasteiger partial charge in [-0.25, -0.2) is 0 Å². The molecule has 1 aromatic rings. The highest BCUT2D eigenvalue weighted by molar-refractivity contribution is 5.96. The predicted octanol–water partition coefficient (Wildman–Crippen LogP) is 0.493. The van der Waals surface area contributed by atoms with Crippen LogP contribution in [-0.2, 0) is 17.9 Å². The fourth-order valence-corrected chi connectivity index (χ4v) is 1.78. The van der Waals surface area contributed by atoms with Gasteiger partial charge >= 0.3 is 5.97 Å². The Balaban J connectivity index is 2.12. The number of rotatable bonds is 3. The summed E-state index contributed by atoms with van der Waals surface area (Å²) in [6.45, 7) is 3.02. The van der Waals surface area contributed by atoms with Gasteiger partial charge in [-0.1, -0.05) is 6.07 Å². The maximum absolute atomic E-state index is 11.8. The Morgan fingerprint density at radius 1 is 1.35 bits per heavy atom. The second-order valence-electron chi connectivity index (χ2n) is 4.12. The third-order valence-electron chi connectivity index (χ3n) is 2.82. The number of aliphatic carboxylic acids is 1. The molecule has 1 atom stereocenters. The lowest BCUT2D eigenvalue weighted by atomic mass is 10.1. The topological polar surface area (TPSA) is 78.4 Å². The first-order valence-corrected chi connectivity index (χ1v) is 5.44. The lowest BCUT2D eigenvalue weighted by molar-refractivity contribution is -0.138. The number of hydrogen-bond acceptors (Lipinski definition) is 3. The van der Waals surface area contributed by atoms with E-state index < -0.39 is 12.0 Å². The molecule has 0 unspecified atom stereocenters. The Kier molecular flexibility index (Phi) is 3.10. The van der Waals surface area contributed by atoms with Gasteiger partial charge in [0.25, 0.3) is 5.91 Å². The maximum atomic E-state index is 11.8. The molecule has 0 fully saturated rings. The van der Waals surface area contributed by atoms with Gasteiger partial charge < -0.3 is 15.7 Å². The molecule has 2 rings (SSSR count). The van der Waals surface area contributed by atoms with E-state index in [0.29, 0.717) is 5.56 Å². The van der Waals surface area contributed by atoms with Gasteiger partial charge in [-0.2, -0.15) is 0 Å². The van der Waals surface area contributed by atoms with E-state index in [9.17, 15) is 9.59 Å². The Bertz CT molecular complexity index is 471. The predicted molar refractivity (Wildman–Crippen MR) is 61.5 cm³/mol. The molecule has 0 aromatic heterocycles.